The van der Waals surface area contributed by atoms with E-state index < -0.39 is 0 Å². The molecule has 2 heterocycles. The Morgan fingerprint density at radius 3 is 2.52 bits per heavy atom. The van der Waals surface area contributed by atoms with E-state index in [1.807, 2.05) is 11.8 Å². The van der Waals surface area contributed by atoms with Crippen molar-refractivity contribution in [2.75, 3.05) is 65.0 Å². The maximum Gasteiger partial charge on any atom is 0.315 e. The topological polar surface area (TPSA) is 107 Å². The van der Waals surface area contributed by atoms with Crippen LogP contribution in [-0.2, 0) is 14.2 Å². The lowest BCUT2D eigenvalue weighted by Gasteiger charge is -2.17. The first-order chi connectivity index (χ1) is 11.3. The quantitative estimate of drug-likeness (QED) is 0.243. The zero-order valence-electron chi connectivity index (χ0n) is 13.4. The average Bonchev–Trinajstić information content (AvgIpc) is 3.08. The molecule has 23 heavy (non-hydrogen) atoms. The van der Waals surface area contributed by atoms with Crippen LogP contribution in [0.25, 0.3) is 0 Å². The first-order valence-corrected chi connectivity index (χ1v) is 9.19. The van der Waals surface area contributed by atoms with Crippen LogP contribution in [0.3, 0.4) is 0 Å². The van der Waals surface area contributed by atoms with Crippen molar-refractivity contribution >= 4 is 17.8 Å². The van der Waals surface area contributed by atoms with Gasteiger partial charge in [-0.2, -0.15) is 11.8 Å². The lowest BCUT2D eigenvalue weighted by Crippen LogP contribution is -2.42. The van der Waals surface area contributed by atoms with Crippen molar-refractivity contribution in [1.29, 1.82) is 0 Å². The molecule has 2 amide bonds. The summed E-state index contributed by atoms with van der Waals surface area (Å²) in [6, 6.07) is 0.486. The van der Waals surface area contributed by atoms with Crippen molar-refractivity contribution in [3.63, 3.8) is 0 Å². The summed E-state index contributed by atoms with van der Waals surface area (Å²) in [5.41, 5.74) is 5.31. The number of fused-ring (bicyclic) bond motifs is 1. The van der Waals surface area contributed by atoms with Crippen LogP contribution >= 0.6 is 11.8 Å². The van der Waals surface area contributed by atoms with Gasteiger partial charge in [0.25, 0.3) is 0 Å². The average molecular weight is 348 g/mol. The third-order valence-corrected chi connectivity index (χ3v) is 5.15. The number of ether oxygens (including phenoxy) is 3. The predicted molar refractivity (Wildman–Crippen MR) is 89.9 cm³/mol. The number of carbonyl (C=O) groups is 1. The Balaban J connectivity index is 1.35. The number of hydrogen-bond donors (Lipinski definition) is 4. The van der Waals surface area contributed by atoms with Crippen LogP contribution in [0.5, 0.6) is 0 Å². The fourth-order valence-electron chi connectivity index (χ4n) is 2.58. The Bertz CT molecular complexity index is 351. The fraction of sp³-hybridized carbons (Fsp3) is 0.929. The van der Waals surface area contributed by atoms with Gasteiger partial charge in [-0.05, 0) is 0 Å². The largest absolute Gasteiger partial charge is 0.378 e. The molecule has 0 saturated carbocycles. The van der Waals surface area contributed by atoms with Crippen molar-refractivity contribution in [2.45, 2.75) is 17.3 Å². The summed E-state index contributed by atoms with van der Waals surface area (Å²) in [5.74, 6) is 0.985. The molecule has 2 aliphatic rings. The number of amides is 2. The number of carbonyl (C=O) groups excluding carboxylic acids is 1. The van der Waals surface area contributed by atoms with Crippen molar-refractivity contribution in [1.82, 2.24) is 16.0 Å². The van der Waals surface area contributed by atoms with Gasteiger partial charge in [-0.25, -0.2) is 4.79 Å². The van der Waals surface area contributed by atoms with Crippen molar-refractivity contribution in [3.8, 4) is 0 Å². The third-order valence-electron chi connectivity index (χ3n) is 3.71. The zero-order valence-corrected chi connectivity index (χ0v) is 14.2. The second-order valence-electron chi connectivity index (χ2n) is 5.45. The van der Waals surface area contributed by atoms with Crippen LogP contribution in [0.4, 0.5) is 4.79 Å². The van der Waals surface area contributed by atoms with Gasteiger partial charge < -0.3 is 35.9 Å². The molecule has 0 aromatic heterocycles. The van der Waals surface area contributed by atoms with Crippen LogP contribution in [0.1, 0.15) is 0 Å². The minimum atomic E-state index is -0.0398. The third kappa shape index (κ3) is 6.82. The van der Waals surface area contributed by atoms with Gasteiger partial charge in [-0.1, -0.05) is 0 Å². The van der Waals surface area contributed by atoms with Gasteiger partial charge in [-0.3, -0.25) is 0 Å². The lowest BCUT2D eigenvalue weighted by atomic mass is 10.1. The Kier molecular flexibility index (Phi) is 9.02. The molecule has 8 nitrogen and oxygen atoms in total. The summed E-state index contributed by atoms with van der Waals surface area (Å²) in [5, 5.41) is 9.73. The summed E-state index contributed by atoms with van der Waals surface area (Å²) >= 11 is 1.90. The fourth-order valence-corrected chi connectivity index (χ4v) is 4.03. The molecule has 0 spiro atoms. The number of nitrogens with one attached hydrogen (secondary N) is 3. The Hall–Kier alpha value is -0.580. The van der Waals surface area contributed by atoms with E-state index in [1.165, 1.54) is 0 Å². The van der Waals surface area contributed by atoms with Gasteiger partial charge in [0.15, 0.2) is 0 Å². The molecule has 2 rings (SSSR count). The minimum Gasteiger partial charge on any atom is -0.378 e. The molecular formula is C14H28N4O4S. The number of urea groups is 1. The Morgan fingerprint density at radius 2 is 1.78 bits per heavy atom. The summed E-state index contributed by atoms with van der Waals surface area (Å²) < 4.78 is 16.1. The number of hydrogen-bond acceptors (Lipinski definition) is 7. The Morgan fingerprint density at radius 1 is 1.09 bits per heavy atom. The molecule has 0 bridgehead atoms. The maximum atomic E-state index is 11.3. The SMILES string of the molecule is NCCOCCOCCOCCNC[C@@H]1SCC2NC(=O)NC21. The molecular weight excluding hydrogens is 320 g/mol. The molecule has 134 valence electrons. The molecule has 0 aromatic rings. The van der Waals surface area contributed by atoms with Crippen molar-refractivity contribution in [3.05, 3.63) is 0 Å². The molecule has 5 N–H and O–H groups in total. The predicted octanol–water partition coefficient (Wildman–Crippen LogP) is -1.25. The molecule has 2 aliphatic heterocycles. The lowest BCUT2D eigenvalue weighted by molar-refractivity contribution is 0.0166. The van der Waals surface area contributed by atoms with Crippen LogP contribution < -0.4 is 21.7 Å². The Labute approximate surface area is 141 Å². The highest BCUT2D eigenvalue weighted by atomic mass is 32.2. The molecule has 0 aromatic carbocycles. The van der Waals surface area contributed by atoms with Crippen LogP contribution in [0.15, 0.2) is 0 Å². The molecule has 0 radical (unpaired) electrons. The normalized spacial score (nSPS) is 26.1. The monoisotopic (exact) mass is 348 g/mol. The van der Waals surface area contributed by atoms with Gasteiger partial charge >= 0.3 is 6.03 Å². The van der Waals surface area contributed by atoms with E-state index >= 15 is 0 Å². The zero-order chi connectivity index (χ0) is 16.3. The van der Waals surface area contributed by atoms with E-state index in [1.54, 1.807) is 0 Å². The summed E-state index contributed by atoms with van der Waals surface area (Å²) in [7, 11) is 0. The van der Waals surface area contributed by atoms with Crippen molar-refractivity contribution < 1.29 is 19.0 Å². The number of nitrogens with two attached hydrogens (primary N) is 1. The molecule has 2 saturated heterocycles. The standard InChI is InChI=1S/C14H28N4O4S/c15-1-3-20-5-7-22-8-6-21-4-2-16-9-12-13-11(10-23-12)17-14(19)18-13/h11-13,16H,1-10,15H2,(H2,17,18,19)/t11?,12-,13?/m0/s1. The highest BCUT2D eigenvalue weighted by Crippen LogP contribution is 2.29. The van der Waals surface area contributed by atoms with Gasteiger partial charge in [0.1, 0.15) is 0 Å². The van der Waals surface area contributed by atoms with Crippen LogP contribution in [-0.4, -0.2) is 88.4 Å². The second kappa shape index (κ2) is 11.1. The van der Waals surface area contributed by atoms with E-state index in [0.717, 1.165) is 18.8 Å². The van der Waals surface area contributed by atoms with Crippen LogP contribution in [0.2, 0.25) is 0 Å². The van der Waals surface area contributed by atoms with E-state index in [2.05, 4.69) is 16.0 Å². The van der Waals surface area contributed by atoms with E-state index in [9.17, 15) is 4.79 Å². The minimum absolute atomic E-state index is 0.0398. The highest BCUT2D eigenvalue weighted by molar-refractivity contribution is 8.00. The maximum absolute atomic E-state index is 11.3. The summed E-state index contributed by atoms with van der Waals surface area (Å²) in [4.78, 5) is 11.3. The highest BCUT2D eigenvalue weighted by Gasteiger charge is 2.42. The summed E-state index contributed by atoms with van der Waals surface area (Å²) in [6.45, 7) is 5.76. The summed E-state index contributed by atoms with van der Waals surface area (Å²) in [6.07, 6.45) is 0. The molecule has 9 heteroatoms. The first-order valence-electron chi connectivity index (χ1n) is 8.14. The molecule has 2 fully saturated rings. The van der Waals surface area contributed by atoms with Gasteiger partial charge in [0.05, 0.1) is 51.7 Å². The smallest absolute Gasteiger partial charge is 0.315 e. The van der Waals surface area contributed by atoms with E-state index in [-0.39, 0.29) is 18.1 Å². The first kappa shape index (κ1) is 18.8. The second-order valence-corrected chi connectivity index (χ2v) is 6.72. The van der Waals surface area contributed by atoms with E-state index in [4.69, 9.17) is 19.9 Å². The number of rotatable bonds is 13. The molecule has 3 atom stereocenters. The van der Waals surface area contributed by atoms with E-state index in [0.29, 0.717) is 51.4 Å². The van der Waals surface area contributed by atoms with Crippen LogP contribution in [0, 0.1) is 0 Å². The number of thioether (sulfide) groups is 1. The van der Waals surface area contributed by atoms with Gasteiger partial charge in [0, 0.05) is 30.6 Å². The molecule has 0 aliphatic carbocycles. The van der Waals surface area contributed by atoms with Gasteiger partial charge in [0.2, 0.25) is 0 Å². The molecule has 2 unspecified atom stereocenters. The van der Waals surface area contributed by atoms with Gasteiger partial charge in [-0.15, -0.1) is 0 Å². The van der Waals surface area contributed by atoms with Crippen molar-refractivity contribution in [2.24, 2.45) is 5.73 Å².